The third-order valence-electron chi connectivity index (χ3n) is 5.10. The monoisotopic (exact) mass is 443 g/mol. The molecule has 0 amide bonds. The quantitative estimate of drug-likeness (QED) is 0.329. The van der Waals surface area contributed by atoms with Crippen LogP contribution >= 0.6 is 0 Å². The van der Waals surface area contributed by atoms with Crippen molar-refractivity contribution in [3.05, 3.63) is 59.1 Å². The number of halogens is 2. The molecule has 7 nitrogen and oxygen atoms in total. The number of hydrogen-bond acceptors (Lipinski definition) is 6. The highest BCUT2D eigenvalue weighted by molar-refractivity contribution is 6.09. The molecule has 0 spiro atoms. The topological polar surface area (TPSA) is 86.3 Å². The number of nitrogens with one attached hydrogen (secondary N) is 3. The number of likely N-dealkylation sites (N-methyl/N-ethyl adjacent to an activating group) is 1. The Labute approximate surface area is 185 Å². The molecular weight excluding hydrogens is 416 g/mol. The molecule has 9 heteroatoms. The highest BCUT2D eigenvalue weighted by Gasteiger charge is 2.21. The van der Waals surface area contributed by atoms with E-state index in [-0.39, 0.29) is 23.5 Å². The van der Waals surface area contributed by atoms with Gasteiger partial charge in [0, 0.05) is 72.5 Å². The van der Waals surface area contributed by atoms with Crippen LogP contribution in [0.5, 0.6) is 11.5 Å². The molecule has 0 aliphatic rings. The number of pyridine rings is 1. The van der Waals surface area contributed by atoms with Crippen LogP contribution in [0.3, 0.4) is 0 Å². The molecular formula is C23H27F2N5O2. The summed E-state index contributed by atoms with van der Waals surface area (Å²) >= 11 is 0. The van der Waals surface area contributed by atoms with Crippen molar-refractivity contribution in [1.82, 2.24) is 20.2 Å². The number of fused-ring (bicyclic) bond motifs is 1. The third-order valence-corrected chi connectivity index (χ3v) is 5.10. The first-order chi connectivity index (χ1) is 15.4. The molecule has 0 aliphatic heterocycles. The second-order valence-corrected chi connectivity index (χ2v) is 7.50. The summed E-state index contributed by atoms with van der Waals surface area (Å²) in [6.45, 7) is 1.58. The molecule has 1 aromatic carbocycles. The molecule has 0 radical (unpaired) electrons. The first-order valence-corrected chi connectivity index (χ1v) is 10.0. The van der Waals surface area contributed by atoms with E-state index in [4.69, 9.17) is 14.9 Å². The lowest BCUT2D eigenvalue weighted by Crippen LogP contribution is -2.23. The first-order valence-electron chi connectivity index (χ1n) is 10.0. The summed E-state index contributed by atoms with van der Waals surface area (Å²) in [5.74, 6) is -1.71. The van der Waals surface area contributed by atoms with Gasteiger partial charge in [-0.15, -0.1) is 0 Å². The number of hydrogen-bond donors (Lipinski definition) is 3. The summed E-state index contributed by atoms with van der Waals surface area (Å²) in [6.07, 6.45) is 6.31. The third kappa shape index (κ3) is 4.88. The summed E-state index contributed by atoms with van der Waals surface area (Å²) in [5, 5.41) is 11.7. The van der Waals surface area contributed by atoms with Gasteiger partial charge in [-0.05, 0) is 25.7 Å². The van der Waals surface area contributed by atoms with E-state index in [1.165, 1.54) is 26.5 Å². The number of ether oxygens (including phenoxy) is 2. The van der Waals surface area contributed by atoms with Gasteiger partial charge < -0.3 is 30.1 Å². The molecule has 0 atom stereocenters. The van der Waals surface area contributed by atoms with Crippen molar-refractivity contribution in [2.24, 2.45) is 0 Å². The van der Waals surface area contributed by atoms with Crippen molar-refractivity contribution >= 4 is 22.8 Å². The zero-order valence-corrected chi connectivity index (χ0v) is 18.6. The Balaban J connectivity index is 1.97. The van der Waals surface area contributed by atoms with Crippen molar-refractivity contribution < 1.29 is 18.3 Å². The van der Waals surface area contributed by atoms with Crippen LogP contribution in [-0.2, 0) is 6.42 Å². The summed E-state index contributed by atoms with van der Waals surface area (Å²) in [4.78, 5) is 9.50. The van der Waals surface area contributed by atoms with Crippen LogP contribution in [0.15, 0.2) is 30.7 Å². The molecule has 0 fully saturated rings. The fourth-order valence-corrected chi connectivity index (χ4v) is 3.32. The Hall–Kier alpha value is -3.46. The van der Waals surface area contributed by atoms with Crippen LogP contribution in [0, 0.1) is 17.0 Å². The smallest absolute Gasteiger partial charge is 0.171 e. The van der Waals surface area contributed by atoms with Crippen molar-refractivity contribution in [2.75, 3.05) is 41.4 Å². The molecule has 0 aliphatic carbocycles. The van der Waals surface area contributed by atoms with Gasteiger partial charge in [-0.1, -0.05) is 0 Å². The number of benzene rings is 1. The van der Waals surface area contributed by atoms with E-state index in [1.807, 2.05) is 20.2 Å². The van der Waals surface area contributed by atoms with E-state index < -0.39 is 11.6 Å². The van der Waals surface area contributed by atoms with Crippen LogP contribution in [0.4, 0.5) is 8.78 Å². The lowest BCUT2D eigenvalue weighted by molar-refractivity contribution is 0.354. The first kappa shape index (κ1) is 23.2. The molecule has 0 unspecified atom stereocenters. The van der Waals surface area contributed by atoms with E-state index in [1.54, 1.807) is 18.6 Å². The normalized spacial score (nSPS) is 11.8. The van der Waals surface area contributed by atoms with Gasteiger partial charge in [0.15, 0.2) is 23.1 Å². The molecule has 0 saturated heterocycles. The largest absolute Gasteiger partial charge is 0.494 e. The highest BCUT2D eigenvalue weighted by atomic mass is 19.1. The van der Waals surface area contributed by atoms with E-state index in [9.17, 15) is 8.78 Å². The molecule has 0 saturated carbocycles. The molecule has 170 valence electrons. The number of H-pyrrole nitrogens is 1. The average Bonchev–Trinajstić information content (AvgIpc) is 3.18. The maximum absolute atomic E-state index is 14.8. The second-order valence-electron chi connectivity index (χ2n) is 7.50. The number of aromatic amines is 1. The minimum absolute atomic E-state index is 0.0267. The van der Waals surface area contributed by atoms with E-state index in [2.05, 4.69) is 20.2 Å². The van der Waals surface area contributed by atoms with Gasteiger partial charge in [0.05, 0.1) is 14.2 Å². The zero-order chi connectivity index (χ0) is 23.3. The Bertz CT molecular complexity index is 1110. The number of allylic oxidation sites excluding steroid dienone is 1. The summed E-state index contributed by atoms with van der Waals surface area (Å²) in [5.41, 5.74) is 2.46. The molecule has 2 heterocycles. The number of methoxy groups -OCH3 is 2. The van der Waals surface area contributed by atoms with Crippen molar-refractivity contribution in [2.45, 2.75) is 6.42 Å². The summed E-state index contributed by atoms with van der Waals surface area (Å²) in [6, 6.07) is 3.04. The number of nitrogens with zero attached hydrogens (tertiary/aromatic N) is 2. The molecule has 3 rings (SSSR count). The Morgan fingerprint density at radius 2 is 1.88 bits per heavy atom. The maximum Gasteiger partial charge on any atom is 0.171 e. The van der Waals surface area contributed by atoms with Crippen LogP contribution < -0.4 is 14.8 Å². The van der Waals surface area contributed by atoms with E-state index >= 15 is 0 Å². The SMILES string of the molecule is COc1cc(OC)c(F)c(Cc2c[nH]c3ncc(/C(C=N)=C/NCCN(C)C)cc23)c1F. The van der Waals surface area contributed by atoms with Crippen LogP contribution in [-0.4, -0.2) is 62.5 Å². The fraction of sp³-hybridized carbons (Fsp3) is 0.304. The van der Waals surface area contributed by atoms with Crippen molar-refractivity contribution in [3.8, 4) is 11.5 Å². The fourth-order valence-electron chi connectivity index (χ4n) is 3.32. The number of aromatic nitrogens is 2. The minimum Gasteiger partial charge on any atom is -0.494 e. The minimum atomic E-state index is -0.769. The number of rotatable bonds is 10. The van der Waals surface area contributed by atoms with Crippen molar-refractivity contribution in [1.29, 1.82) is 5.41 Å². The predicted molar refractivity (Wildman–Crippen MR) is 122 cm³/mol. The zero-order valence-electron chi connectivity index (χ0n) is 18.6. The second kappa shape index (κ2) is 10.2. The summed E-state index contributed by atoms with van der Waals surface area (Å²) in [7, 11) is 6.61. The highest BCUT2D eigenvalue weighted by Crippen LogP contribution is 2.34. The molecule has 3 aromatic rings. The van der Waals surface area contributed by atoms with E-state index in [0.29, 0.717) is 22.2 Å². The van der Waals surface area contributed by atoms with Gasteiger partial charge in [-0.2, -0.15) is 0 Å². The van der Waals surface area contributed by atoms with Gasteiger partial charge >= 0.3 is 0 Å². The molecule has 32 heavy (non-hydrogen) atoms. The van der Waals surface area contributed by atoms with E-state index in [0.717, 1.165) is 18.7 Å². The van der Waals surface area contributed by atoms with Gasteiger partial charge in [-0.3, -0.25) is 0 Å². The van der Waals surface area contributed by atoms with Crippen LogP contribution in [0.25, 0.3) is 16.6 Å². The van der Waals surface area contributed by atoms with Gasteiger partial charge in [0.2, 0.25) is 0 Å². The van der Waals surface area contributed by atoms with Gasteiger partial charge in [0.25, 0.3) is 0 Å². The Morgan fingerprint density at radius 3 is 2.47 bits per heavy atom. The molecule has 0 bridgehead atoms. The Morgan fingerprint density at radius 1 is 1.19 bits per heavy atom. The van der Waals surface area contributed by atoms with Crippen LogP contribution in [0.1, 0.15) is 16.7 Å². The Kier molecular flexibility index (Phi) is 7.42. The van der Waals surface area contributed by atoms with Gasteiger partial charge in [0.1, 0.15) is 5.65 Å². The lowest BCUT2D eigenvalue weighted by Gasteiger charge is -2.12. The predicted octanol–water partition coefficient (Wildman–Crippen LogP) is 3.59. The molecule has 2 aromatic heterocycles. The summed E-state index contributed by atoms with van der Waals surface area (Å²) < 4.78 is 39.7. The lowest BCUT2D eigenvalue weighted by atomic mass is 10.0. The van der Waals surface area contributed by atoms with Crippen molar-refractivity contribution in [3.63, 3.8) is 0 Å². The van der Waals surface area contributed by atoms with Crippen LogP contribution in [0.2, 0.25) is 0 Å². The maximum atomic E-state index is 14.8. The standard InChI is InChI=1S/C23H27F2N5O2/c1-30(2)6-5-27-11-16(10-26)14-7-17-15(13-29-23(17)28-12-14)8-18-21(24)19(31-3)9-20(32-4)22(18)25/h7,9-13,26-27H,5-6,8H2,1-4H3,(H,28,29)/b16-11+,26-10?. The molecule has 3 N–H and O–H groups in total. The van der Waals surface area contributed by atoms with Gasteiger partial charge in [-0.25, -0.2) is 13.8 Å². The average molecular weight is 443 g/mol.